The van der Waals surface area contributed by atoms with Gasteiger partial charge in [-0.15, -0.1) is 0 Å². The lowest BCUT2D eigenvalue weighted by atomic mass is 9.70. The van der Waals surface area contributed by atoms with Crippen LogP contribution in [-0.4, -0.2) is 0 Å². The first-order valence-electron chi connectivity index (χ1n) is 14.8. The fourth-order valence-electron chi connectivity index (χ4n) is 5.97. The fourth-order valence-corrected chi connectivity index (χ4v) is 5.97. The predicted octanol–water partition coefficient (Wildman–Crippen LogP) is 11.7. The highest BCUT2D eigenvalue weighted by Crippen LogP contribution is 2.49. The first-order chi connectivity index (χ1) is 18.4. The normalized spacial score (nSPS) is 13.0. The SMILES string of the molecule is CC(C)(C)c1cccc(C(C)(C)C)c1-c1[c]ccc(-c2c(C(C)(C)C)cccc2C(C)(C)C)c1-c1ccccc1. The molecule has 0 nitrogen and oxygen atoms in total. The minimum atomic E-state index is -0.0196. The van der Waals surface area contributed by atoms with Crippen molar-refractivity contribution in [2.24, 2.45) is 0 Å². The van der Waals surface area contributed by atoms with Crippen molar-refractivity contribution < 1.29 is 0 Å². The summed E-state index contributed by atoms with van der Waals surface area (Å²) in [4.78, 5) is 0. The van der Waals surface area contributed by atoms with E-state index in [1.165, 1.54) is 55.6 Å². The van der Waals surface area contributed by atoms with E-state index in [9.17, 15) is 0 Å². The number of benzene rings is 4. The summed E-state index contributed by atoms with van der Waals surface area (Å²) >= 11 is 0. The molecule has 0 aliphatic heterocycles. The second-order valence-electron chi connectivity index (χ2n) is 15.5. The van der Waals surface area contributed by atoms with Crippen LogP contribution in [0, 0.1) is 6.07 Å². The molecule has 4 rings (SSSR count). The highest BCUT2D eigenvalue weighted by molar-refractivity contribution is 5.97. The van der Waals surface area contributed by atoms with Crippen molar-refractivity contribution in [1.82, 2.24) is 0 Å². The third kappa shape index (κ3) is 5.83. The molecule has 0 aromatic heterocycles. The van der Waals surface area contributed by atoms with Gasteiger partial charge in [0.1, 0.15) is 0 Å². The molecule has 4 aromatic carbocycles. The third-order valence-corrected chi connectivity index (χ3v) is 7.94. The molecule has 0 heteroatoms. The Bertz CT molecular complexity index is 1330. The van der Waals surface area contributed by atoms with E-state index >= 15 is 0 Å². The zero-order valence-corrected chi connectivity index (χ0v) is 27.0. The maximum atomic E-state index is 3.80. The van der Waals surface area contributed by atoms with Gasteiger partial charge in [-0.3, -0.25) is 0 Å². The molecular formula is C40H49. The molecule has 1 radical (unpaired) electrons. The molecule has 4 aromatic rings. The molecule has 0 heterocycles. The van der Waals surface area contributed by atoms with Crippen molar-refractivity contribution in [3.8, 4) is 33.4 Å². The lowest BCUT2D eigenvalue weighted by molar-refractivity contribution is 0.572. The Balaban J connectivity index is 2.28. The Labute approximate surface area is 244 Å². The maximum Gasteiger partial charge on any atom is -0.00144 e. The third-order valence-electron chi connectivity index (χ3n) is 7.94. The van der Waals surface area contributed by atoms with E-state index in [0.29, 0.717) is 0 Å². The molecule has 40 heavy (non-hydrogen) atoms. The second kappa shape index (κ2) is 10.4. The Morgan fingerprint density at radius 3 is 1.20 bits per heavy atom. The highest BCUT2D eigenvalue weighted by atomic mass is 14.3. The molecule has 0 saturated carbocycles. The van der Waals surface area contributed by atoms with Crippen molar-refractivity contribution in [3.05, 3.63) is 107 Å². The highest BCUT2D eigenvalue weighted by Gasteiger charge is 2.31. The van der Waals surface area contributed by atoms with Gasteiger partial charge in [0, 0.05) is 0 Å². The fraction of sp³-hybridized carbons (Fsp3) is 0.400. The minimum absolute atomic E-state index is 0.00976. The number of hydrogen-bond acceptors (Lipinski definition) is 0. The van der Waals surface area contributed by atoms with E-state index in [1.54, 1.807) is 0 Å². The summed E-state index contributed by atoms with van der Waals surface area (Å²) in [6.07, 6.45) is 0. The van der Waals surface area contributed by atoms with Gasteiger partial charge in [0.2, 0.25) is 0 Å². The zero-order valence-electron chi connectivity index (χ0n) is 27.0. The lowest BCUT2D eigenvalue weighted by Gasteiger charge is -2.33. The first kappa shape index (κ1) is 29.9. The molecule has 0 amide bonds. The summed E-state index contributed by atoms with van der Waals surface area (Å²) < 4.78 is 0. The van der Waals surface area contributed by atoms with Gasteiger partial charge < -0.3 is 0 Å². The van der Waals surface area contributed by atoms with Crippen LogP contribution in [0.5, 0.6) is 0 Å². The average Bonchev–Trinajstić information content (AvgIpc) is 2.86. The molecule has 0 fully saturated rings. The van der Waals surface area contributed by atoms with Gasteiger partial charge >= 0.3 is 0 Å². The van der Waals surface area contributed by atoms with Gasteiger partial charge in [0.25, 0.3) is 0 Å². The molecule has 0 aliphatic rings. The summed E-state index contributed by atoms with van der Waals surface area (Å²) in [5.74, 6) is 0. The summed E-state index contributed by atoms with van der Waals surface area (Å²) in [7, 11) is 0. The molecule has 0 bridgehead atoms. The second-order valence-corrected chi connectivity index (χ2v) is 15.5. The Hall–Kier alpha value is -3.12. The van der Waals surface area contributed by atoms with E-state index in [0.717, 1.165) is 0 Å². The van der Waals surface area contributed by atoms with Crippen molar-refractivity contribution >= 4 is 0 Å². The maximum absolute atomic E-state index is 3.80. The summed E-state index contributed by atoms with van der Waals surface area (Å²) in [6, 6.07) is 33.0. The zero-order chi connectivity index (χ0) is 29.7. The topological polar surface area (TPSA) is 0 Å². The van der Waals surface area contributed by atoms with Crippen LogP contribution in [-0.2, 0) is 21.7 Å². The first-order valence-corrected chi connectivity index (χ1v) is 14.8. The molecule has 209 valence electrons. The van der Waals surface area contributed by atoms with E-state index < -0.39 is 0 Å². The van der Waals surface area contributed by atoms with Crippen LogP contribution in [0.15, 0.2) is 78.9 Å². The Morgan fingerprint density at radius 2 is 0.800 bits per heavy atom. The minimum Gasteiger partial charge on any atom is -0.0622 e. The van der Waals surface area contributed by atoms with E-state index in [-0.39, 0.29) is 21.7 Å². The molecule has 0 aliphatic carbocycles. The Morgan fingerprint density at radius 1 is 0.400 bits per heavy atom. The Kier molecular flexibility index (Phi) is 7.74. The van der Waals surface area contributed by atoms with Gasteiger partial charge in [0.15, 0.2) is 0 Å². The molecular weight excluding hydrogens is 480 g/mol. The van der Waals surface area contributed by atoms with Crippen molar-refractivity contribution in [3.63, 3.8) is 0 Å². The van der Waals surface area contributed by atoms with Crippen molar-refractivity contribution in [2.45, 2.75) is 105 Å². The van der Waals surface area contributed by atoms with Crippen LogP contribution in [0.2, 0.25) is 0 Å². The molecule has 0 unspecified atom stereocenters. The molecule has 0 atom stereocenters. The van der Waals surface area contributed by atoms with Gasteiger partial charge in [-0.2, -0.15) is 0 Å². The van der Waals surface area contributed by atoms with Crippen LogP contribution in [0.25, 0.3) is 33.4 Å². The molecule has 0 N–H and O–H groups in total. The van der Waals surface area contributed by atoms with Crippen LogP contribution in [0.1, 0.15) is 105 Å². The van der Waals surface area contributed by atoms with Gasteiger partial charge in [-0.25, -0.2) is 0 Å². The largest absolute Gasteiger partial charge is 0.0622 e. The van der Waals surface area contributed by atoms with Crippen molar-refractivity contribution in [1.29, 1.82) is 0 Å². The van der Waals surface area contributed by atoms with Gasteiger partial charge in [-0.05, 0) is 83.4 Å². The summed E-state index contributed by atoms with van der Waals surface area (Å²) in [5.41, 5.74) is 13.1. The van der Waals surface area contributed by atoms with Crippen LogP contribution >= 0.6 is 0 Å². The lowest BCUT2D eigenvalue weighted by Crippen LogP contribution is -2.20. The average molecular weight is 530 g/mol. The quantitative estimate of drug-likeness (QED) is 0.247. The summed E-state index contributed by atoms with van der Waals surface area (Å²) in [6.45, 7) is 28.0. The van der Waals surface area contributed by atoms with E-state index in [1.807, 2.05) is 0 Å². The van der Waals surface area contributed by atoms with Gasteiger partial charge in [-0.1, -0.05) is 162 Å². The van der Waals surface area contributed by atoms with Crippen LogP contribution in [0.3, 0.4) is 0 Å². The van der Waals surface area contributed by atoms with Crippen LogP contribution in [0.4, 0.5) is 0 Å². The summed E-state index contributed by atoms with van der Waals surface area (Å²) in [5, 5.41) is 0. The molecule has 0 saturated heterocycles. The number of hydrogen-bond donors (Lipinski definition) is 0. The van der Waals surface area contributed by atoms with E-state index in [4.69, 9.17) is 0 Å². The monoisotopic (exact) mass is 529 g/mol. The standard InChI is InChI=1S/C40H49/c1-37(2,3)30-23-17-24-31(38(4,5)6)35(30)28-21-16-22-29(34(28)27-19-14-13-15-20-27)36-32(39(7,8)9)25-18-26-33(36)40(10,11)12/h13-21,23-26H,1-12H3. The number of rotatable bonds is 3. The smallest absolute Gasteiger partial charge is 0.00144 e. The predicted molar refractivity (Wildman–Crippen MR) is 176 cm³/mol. The molecule has 0 spiro atoms. The van der Waals surface area contributed by atoms with Gasteiger partial charge in [0.05, 0.1) is 0 Å². The van der Waals surface area contributed by atoms with Crippen molar-refractivity contribution in [2.75, 3.05) is 0 Å². The van der Waals surface area contributed by atoms with Crippen LogP contribution < -0.4 is 0 Å². The van der Waals surface area contributed by atoms with E-state index in [2.05, 4.69) is 168 Å².